The third-order valence-electron chi connectivity index (χ3n) is 15.7. The minimum atomic E-state index is -0.782. The van der Waals surface area contributed by atoms with Crippen molar-refractivity contribution < 1.29 is 28.6 Å². The van der Waals surface area contributed by atoms with Crippen LogP contribution in [-0.2, 0) is 28.6 Å². The van der Waals surface area contributed by atoms with E-state index < -0.39 is 6.10 Å². The lowest BCUT2D eigenvalue weighted by atomic mass is 10.0. The molecule has 466 valence electrons. The maximum Gasteiger partial charge on any atom is 0.306 e. The van der Waals surface area contributed by atoms with Crippen LogP contribution < -0.4 is 0 Å². The van der Waals surface area contributed by atoms with E-state index in [1.165, 1.54) is 244 Å². The van der Waals surface area contributed by atoms with Gasteiger partial charge in [0, 0.05) is 19.3 Å². The molecule has 0 amide bonds. The third kappa shape index (κ3) is 65.9. The topological polar surface area (TPSA) is 78.9 Å². The molecule has 0 aliphatic carbocycles. The highest BCUT2D eigenvalue weighted by atomic mass is 16.6. The largest absolute Gasteiger partial charge is 0.462 e. The number of hydrogen-bond donors (Lipinski definition) is 0. The lowest BCUT2D eigenvalue weighted by molar-refractivity contribution is -0.167. The summed E-state index contributed by atoms with van der Waals surface area (Å²) in [6.45, 7) is 6.65. The zero-order valence-electron chi connectivity index (χ0n) is 53.6. The Balaban J connectivity index is 4.31. The lowest BCUT2D eigenvalue weighted by Crippen LogP contribution is -2.30. The first-order valence-electron chi connectivity index (χ1n) is 35.3. The molecular weight excluding hydrogens is 985 g/mol. The molecule has 0 heterocycles. The highest BCUT2D eigenvalue weighted by Crippen LogP contribution is 2.18. The summed E-state index contributed by atoms with van der Waals surface area (Å²) in [5, 5.41) is 0. The average molecular weight is 1120 g/mol. The molecule has 0 fully saturated rings. The normalized spacial score (nSPS) is 12.4. The average Bonchev–Trinajstić information content (AvgIpc) is 3.46. The molecule has 0 aromatic carbocycles. The molecule has 80 heavy (non-hydrogen) atoms. The van der Waals surface area contributed by atoms with Gasteiger partial charge in [-0.15, -0.1) is 0 Å². The molecule has 0 aliphatic heterocycles. The van der Waals surface area contributed by atoms with Crippen LogP contribution in [0.25, 0.3) is 0 Å². The van der Waals surface area contributed by atoms with Crippen LogP contribution in [0.1, 0.15) is 374 Å². The Hall–Kier alpha value is -2.89. The van der Waals surface area contributed by atoms with Gasteiger partial charge in [-0.2, -0.15) is 0 Å². The SMILES string of the molecule is CCCCC/C=C\C/C=C\CCCCCCCC(=O)OCC(COC(=O)CCCCCCCCCCCC/C=C\C/C=C\C/C=C\CCCCCCC)OC(=O)CCCCCCCCCCCCCCCCCCCCCCCC. The molecule has 0 radical (unpaired) electrons. The minimum absolute atomic E-state index is 0.0774. The van der Waals surface area contributed by atoms with Gasteiger partial charge in [0.25, 0.3) is 0 Å². The Morgan fingerprint density at radius 1 is 0.250 bits per heavy atom. The molecule has 0 bridgehead atoms. The summed E-state index contributed by atoms with van der Waals surface area (Å²) in [6, 6.07) is 0. The molecule has 0 aromatic rings. The van der Waals surface area contributed by atoms with E-state index in [2.05, 4.69) is 81.5 Å². The van der Waals surface area contributed by atoms with Gasteiger partial charge in [-0.25, -0.2) is 0 Å². The summed E-state index contributed by atoms with van der Waals surface area (Å²) in [7, 11) is 0. The van der Waals surface area contributed by atoms with E-state index in [1.807, 2.05) is 0 Å². The summed E-state index contributed by atoms with van der Waals surface area (Å²) in [5.41, 5.74) is 0. The van der Waals surface area contributed by atoms with Gasteiger partial charge in [-0.3, -0.25) is 14.4 Å². The van der Waals surface area contributed by atoms with Gasteiger partial charge in [-0.1, -0.05) is 326 Å². The second-order valence-electron chi connectivity index (χ2n) is 23.8. The van der Waals surface area contributed by atoms with Crippen molar-refractivity contribution in [1.82, 2.24) is 0 Å². The molecule has 6 nitrogen and oxygen atoms in total. The van der Waals surface area contributed by atoms with Crippen LogP contribution >= 0.6 is 0 Å². The number of unbranched alkanes of at least 4 members (excludes halogenated alkanes) is 44. The number of esters is 3. The summed E-state index contributed by atoms with van der Waals surface area (Å²) in [4.78, 5) is 38.4. The second-order valence-corrected chi connectivity index (χ2v) is 23.8. The van der Waals surface area contributed by atoms with Gasteiger partial charge >= 0.3 is 17.9 Å². The fraction of sp³-hybridized carbons (Fsp3) is 0.824. The van der Waals surface area contributed by atoms with Crippen molar-refractivity contribution in [1.29, 1.82) is 0 Å². The summed E-state index contributed by atoms with van der Waals surface area (Å²) in [5.74, 6) is -0.871. The molecule has 0 N–H and O–H groups in total. The molecule has 0 aromatic heterocycles. The Kier molecular flexibility index (Phi) is 66.1. The van der Waals surface area contributed by atoms with E-state index >= 15 is 0 Å². The second kappa shape index (κ2) is 68.6. The van der Waals surface area contributed by atoms with Crippen LogP contribution in [0.2, 0.25) is 0 Å². The van der Waals surface area contributed by atoms with E-state index in [-0.39, 0.29) is 31.1 Å². The molecule has 0 aliphatic rings. The van der Waals surface area contributed by atoms with E-state index in [0.29, 0.717) is 19.3 Å². The Labute approximate surface area is 498 Å². The van der Waals surface area contributed by atoms with Crippen molar-refractivity contribution in [2.24, 2.45) is 0 Å². The molecule has 1 atom stereocenters. The van der Waals surface area contributed by atoms with Gasteiger partial charge < -0.3 is 14.2 Å². The van der Waals surface area contributed by atoms with E-state index in [1.54, 1.807) is 0 Å². The third-order valence-corrected chi connectivity index (χ3v) is 15.7. The van der Waals surface area contributed by atoms with Crippen molar-refractivity contribution in [2.45, 2.75) is 380 Å². The number of carbonyl (C=O) groups is 3. The molecule has 0 saturated carbocycles. The number of carbonyl (C=O) groups excluding carboxylic acids is 3. The summed E-state index contributed by atoms with van der Waals surface area (Å²) < 4.78 is 17.0. The van der Waals surface area contributed by atoms with Gasteiger partial charge in [-0.05, 0) is 89.9 Å². The molecule has 0 rings (SSSR count). The molecule has 1 unspecified atom stereocenters. The first kappa shape index (κ1) is 77.1. The van der Waals surface area contributed by atoms with E-state index in [9.17, 15) is 14.4 Å². The smallest absolute Gasteiger partial charge is 0.306 e. The number of ether oxygens (including phenoxy) is 3. The first-order chi connectivity index (χ1) is 39.5. The van der Waals surface area contributed by atoms with Crippen LogP contribution in [0.3, 0.4) is 0 Å². The van der Waals surface area contributed by atoms with Crippen LogP contribution in [0, 0.1) is 0 Å². The van der Waals surface area contributed by atoms with E-state index in [4.69, 9.17) is 14.2 Å². The van der Waals surface area contributed by atoms with Crippen LogP contribution in [0.4, 0.5) is 0 Å². The Morgan fingerprint density at radius 2 is 0.450 bits per heavy atom. The molecule has 0 saturated heterocycles. The monoisotopic (exact) mass is 1120 g/mol. The predicted molar refractivity (Wildman–Crippen MR) is 348 cm³/mol. The Bertz CT molecular complexity index is 1430. The van der Waals surface area contributed by atoms with Crippen LogP contribution in [0.5, 0.6) is 0 Å². The van der Waals surface area contributed by atoms with Crippen molar-refractivity contribution in [3.8, 4) is 0 Å². The molecule has 0 spiro atoms. The van der Waals surface area contributed by atoms with Crippen molar-refractivity contribution in [2.75, 3.05) is 13.2 Å². The number of rotatable bonds is 65. The van der Waals surface area contributed by atoms with Crippen LogP contribution in [-0.4, -0.2) is 37.2 Å². The number of hydrogen-bond acceptors (Lipinski definition) is 6. The van der Waals surface area contributed by atoms with E-state index in [0.717, 1.165) is 89.9 Å². The number of allylic oxidation sites excluding steroid dienone is 10. The molecular formula is C74H134O6. The van der Waals surface area contributed by atoms with Crippen LogP contribution in [0.15, 0.2) is 60.8 Å². The van der Waals surface area contributed by atoms with Crippen molar-refractivity contribution in [3.05, 3.63) is 60.8 Å². The highest BCUT2D eigenvalue weighted by molar-refractivity contribution is 5.71. The van der Waals surface area contributed by atoms with Gasteiger partial charge in [0.15, 0.2) is 6.10 Å². The Morgan fingerprint density at radius 3 is 0.725 bits per heavy atom. The fourth-order valence-corrected chi connectivity index (χ4v) is 10.4. The molecule has 6 heteroatoms. The van der Waals surface area contributed by atoms with Crippen molar-refractivity contribution >= 4 is 17.9 Å². The maximum absolute atomic E-state index is 13.0. The summed E-state index contributed by atoms with van der Waals surface area (Å²) >= 11 is 0. The predicted octanol–water partition coefficient (Wildman–Crippen LogP) is 24.3. The highest BCUT2D eigenvalue weighted by Gasteiger charge is 2.19. The standard InChI is InChI=1S/C74H134O6/c1-4-7-10-13-16-19-22-25-28-30-32-34-36-37-38-40-41-43-46-49-52-55-58-61-64-67-73(76)79-70-71(69-78-72(75)66-63-60-57-54-51-48-45-27-24-21-18-15-12-9-6-3)80-74(77)68-65-62-59-56-53-50-47-44-42-39-35-33-31-29-26-23-20-17-14-11-8-5-2/h18,21-22,25,27,30,32,36-37,45,71H,4-17,19-20,23-24,26,28-29,31,33-35,38-44,46-70H2,1-3H3/b21-18-,25-22-,32-30-,37-36-,45-27-. The first-order valence-corrected chi connectivity index (χ1v) is 35.3. The zero-order valence-corrected chi connectivity index (χ0v) is 53.6. The minimum Gasteiger partial charge on any atom is -0.462 e. The lowest BCUT2D eigenvalue weighted by Gasteiger charge is -2.18. The summed E-state index contributed by atoms with van der Waals surface area (Å²) in [6.07, 6.45) is 88.1. The van der Waals surface area contributed by atoms with Gasteiger partial charge in [0.2, 0.25) is 0 Å². The fourth-order valence-electron chi connectivity index (χ4n) is 10.4. The quantitative estimate of drug-likeness (QED) is 0.0261. The maximum atomic E-state index is 13.0. The van der Waals surface area contributed by atoms with Gasteiger partial charge in [0.05, 0.1) is 0 Å². The zero-order chi connectivity index (χ0) is 57.8. The van der Waals surface area contributed by atoms with Gasteiger partial charge in [0.1, 0.15) is 13.2 Å². The van der Waals surface area contributed by atoms with Crippen molar-refractivity contribution in [3.63, 3.8) is 0 Å².